The molecule has 0 saturated heterocycles. The Labute approximate surface area is 152 Å². The molecule has 132 valence electrons. The third kappa shape index (κ3) is 5.05. The van der Waals surface area contributed by atoms with Crippen LogP contribution in [0.4, 0.5) is 5.69 Å². The molecule has 0 radical (unpaired) electrons. The van der Waals surface area contributed by atoms with Crippen molar-refractivity contribution < 1.29 is 14.3 Å². The lowest BCUT2D eigenvalue weighted by Gasteiger charge is -2.17. The molecule has 0 fully saturated rings. The van der Waals surface area contributed by atoms with Gasteiger partial charge in [-0.3, -0.25) is 9.59 Å². The zero-order valence-electron chi connectivity index (χ0n) is 14.4. The maximum atomic E-state index is 12.0. The molecule has 0 spiro atoms. The summed E-state index contributed by atoms with van der Waals surface area (Å²) in [4.78, 5) is 24.0. The van der Waals surface area contributed by atoms with E-state index in [1.807, 2.05) is 44.2 Å². The summed E-state index contributed by atoms with van der Waals surface area (Å²) in [7, 11) is 1.52. The summed E-state index contributed by atoms with van der Waals surface area (Å²) in [5, 5.41) is 5.70. The van der Waals surface area contributed by atoms with Crippen LogP contribution >= 0.6 is 11.6 Å². The number of ether oxygens (including phenoxy) is 1. The van der Waals surface area contributed by atoms with Gasteiger partial charge in [0, 0.05) is 29.9 Å². The van der Waals surface area contributed by atoms with Crippen LogP contribution < -0.4 is 10.6 Å². The summed E-state index contributed by atoms with van der Waals surface area (Å²) in [6.07, 6.45) is -0.438. The van der Waals surface area contributed by atoms with Gasteiger partial charge in [-0.1, -0.05) is 35.9 Å². The van der Waals surface area contributed by atoms with Gasteiger partial charge in [0.1, 0.15) is 6.10 Å². The van der Waals surface area contributed by atoms with Crippen molar-refractivity contribution in [1.29, 1.82) is 0 Å². The fourth-order valence-corrected chi connectivity index (χ4v) is 2.59. The minimum atomic E-state index is -0.729. The van der Waals surface area contributed by atoms with E-state index in [0.717, 1.165) is 16.7 Å². The second kappa shape index (κ2) is 8.65. The summed E-state index contributed by atoms with van der Waals surface area (Å²) in [5.74, 6) is -1.45. The lowest BCUT2D eigenvalue weighted by molar-refractivity contribution is -0.136. The molecular formula is C19H21ClN2O3. The normalized spacial score (nSPS) is 11.7. The summed E-state index contributed by atoms with van der Waals surface area (Å²) >= 11 is 6.14. The van der Waals surface area contributed by atoms with Crippen LogP contribution in [-0.2, 0) is 14.3 Å². The van der Waals surface area contributed by atoms with E-state index < -0.39 is 17.9 Å². The summed E-state index contributed by atoms with van der Waals surface area (Å²) in [5.41, 5.74) is 3.49. The first-order chi connectivity index (χ1) is 11.9. The van der Waals surface area contributed by atoms with E-state index >= 15 is 0 Å². The lowest BCUT2D eigenvalue weighted by Crippen LogP contribution is -2.38. The number of hydrogen-bond donors (Lipinski definition) is 2. The van der Waals surface area contributed by atoms with Crippen LogP contribution in [0.2, 0.25) is 5.02 Å². The van der Waals surface area contributed by atoms with Crippen molar-refractivity contribution in [2.24, 2.45) is 0 Å². The Morgan fingerprint density at radius 3 is 2.44 bits per heavy atom. The van der Waals surface area contributed by atoms with Gasteiger partial charge in [-0.25, -0.2) is 0 Å². The van der Waals surface area contributed by atoms with Crippen LogP contribution in [0.3, 0.4) is 0 Å². The highest BCUT2D eigenvalue weighted by molar-refractivity contribution is 6.39. The molecule has 1 unspecified atom stereocenters. The van der Waals surface area contributed by atoms with Gasteiger partial charge in [0.15, 0.2) is 0 Å². The van der Waals surface area contributed by atoms with Gasteiger partial charge >= 0.3 is 11.8 Å². The maximum absolute atomic E-state index is 12.0. The Morgan fingerprint density at radius 1 is 1.08 bits per heavy atom. The minimum absolute atomic E-state index is 0.138. The molecule has 2 aromatic rings. The second-order valence-corrected chi connectivity index (χ2v) is 6.12. The first kappa shape index (κ1) is 19.0. The number of benzene rings is 2. The molecule has 2 amide bonds. The van der Waals surface area contributed by atoms with Crippen LogP contribution in [0.5, 0.6) is 0 Å². The van der Waals surface area contributed by atoms with E-state index in [-0.39, 0.29) is 6.54 Å². The number of rotatable bonds is 5. The van der Waals surface area contributed by atoms with E-state index in [9.17, 15) is 9.59 Å². The third-order valence-electron chi connectivity index (χ3n) is 3.96. The summed E-state index contributed by atoms with van der Waals surface area (Å²) < 4.78 is 5.36. The Balaban J connectivity index is 1.95. The van der Waals surface area contributed by atoms with Crippen LogP contribution in [0.25, 0.3) is 0 Å². The Morgan fingerprint density at radius 2 is 1.80 bits per heavy atom. The average molecular weight is 361 g/mol. The van der Waals surface area contributed by atoms with E-state index in [2.05, 4.69) is 10.6 Å². The number of carbonyl (C=O) groups excluding carboxylic acids is 2. The van der Waals surface area contributed by atoms with Crippen molar-refractivity contribution in [3.63, 3.8) is 0 Å². The lowest BCUT2D eigenvalue weighted by atomic mass is 10.1. The molecule has 5 nitrogen and oxygen atoms in total. The number of amides is 2. The first-order valence-electron chi connectivity index (χ1n) is 7.86. The standard InChI is InChI=1S/C19H21ClN2O3/c1-12-8-9-14(10-13(12)2)22-19(24)18(23)21-11-17(25-3)15-6-4-5-7-16(15)20/h4-10,17H,11H2,1-3H3,(H,21,23)(H,22,24). The molecule has 0 aromatic heterocycles. The topological polar surface area (TPSA) is 67.4 Å². The van der Waals surface area contributed by atoms with Crippen molar-refractivity contribution >= 4 is 29.1 Å². The van der Waals surface area contributed by atoms with Crippen LogP contribution in [-0.4, -0.2) is 25.5 Å². The maximum Gasteiger partial charge on any atom is 0.313 e. The fraction of sp³-hybridized carbons (Fsp3) is 0.263. The van der Waals surface area contributed by atoms with Gasteiger partial charge in [0.05, 0.1) is 0 Å². The van der Waals surface area contributed by atoms with Crippen LogP contribution in [0.15, 0.2) is 42.5 Å². The molecular weight excluding hydrogens is 340 g/mol. The van der Waals surface area contributed by atoms with Crippen molar-refractivity contribution in [3.05, 3.63) is 64.2 Å². The highest BCUT2D eigenvalue weighted by Gasteiger charge is 2.18. The zero-order chi connectivity index (χ0) is 18.4. The van der Waals surface area contributed by atoms with Gasteiger partial charge < -0.3 is 15.4 Å². The van der Waals surface area contributed by atoms with E-state index in [1.165, 1.54) is 7.11 Å². The molecule has 1 atom stereocenters. The molecule has 0 bridgehead atoms. The third-order valence-corrected chi connectivity index (χ3v) is 4.30. The SMILES string of the molecule is COC(CNC(=O)C(=O)Nc1ccc(C)c(C)c1)c1ccccc1Cl. The molecule has 0 aliphatic carbocycles. The summed E-state index contributed by atoms with van der Waals surface area (Å²) in [6, 6.07) is 12.7. The number of hydrogen-bond acceptors (Lipinski definition) is 3. The molecule has 0 aliphatic rings. The molecule has 2 N–H and O–H groups in total. The van der Waals surface area contributed by atoms with Gasteiger partial charge in [-0.05, 0) is 43.2 Å². The second-order valence-electron chi connectivity index (χ2n) is 5.71. The smallest absolute Gasteiger partial charge is 0.313 e. The van der Waals surface area contributed by atoms with Gasteiger partial charge in [0.25, 0.3) is 0 Å². The molecule has 2 aromatic carbocycles. The number of aryl methyl sites for hydroxylation is 2. The fourth-order valence-electron chi connectivity index (χ4n) is 2.33. The largest absolute Gasteiger partial charge is 0.375 e. The average Bonchev–Trinajstić information content (AvgIpc) is 2.59. The number of anilines is 1. The van der Waals surface area contributed by atoms with Crippen LogP contribution in [0, 0.1) is 13.8 Å². The van der Waals surface area contributed by atoms with E-state index in [0.29, 0.717) is 10.7 Å². The number of methoxy groups -OCH3 is 1. The molecule has 2 rings (SSSR count). The van der Waals surface area contributed by atoms with Crippen LogP contribution in [0.1, 0.15) is 22.8 Å². The van der Waals surface area contributed by atoms with Gasteiger partial charge in [-0.2, -0.15) is 0 Å². The molecule has 0 saturated carbocycles. The van der Waals surface area contributed by atoms with Crippen molar-refractivity contribution in [1.82, 2.24) is 5.32 Å². The number of carbonyl (C=O) groups is 2. The highest BCUT2D eigenvalue weighted by atomic mass is 35.5. The molecule has 0 aliphatic heterocycles. The molecule has 0 heterocycles. The number of halogens is 1. The molecule has 6 heteroatoms. The van der Waals surface area contributed by atoms with Crippen molar-refractivity contribution in [2.75, 3.05) is 19.0 Å². The zero-order valence-corrected chi connectivity index (χ0v) is 15.2. The van der Waals surface area contributed by atoms with Gasteiger partial charge in [-0.15, -0.1) is 0 Å². The van der Waals surface area contributed by atoms with Gasteiger partial charge in [0.2, 0.25) is 0 Å². The predicted molar refractivity (Wildman–Crippen MR) is 98.8 cm³/mol. The first-order valence-corrected chi connectivity index (χ1v) is 8.24. The quantitative estimate of drug-likeness (QED) is 0.803. The minimum Gasteiger partial charge on any atom is -0.375 e. The highest BCUT2D eigenvalue weighted by Crippen LogP contribution is 2.24. The number of nitrogens with one attached hydrogen (secondary N) is 2. The van der Waals surface area contributed by atoms with Crippen molar-refractivity contribution in [2.45, 2.75) is 20.0 Å². The molecule has 25 heavy (non-hydrogen) atoms. The Bertz CT molecular complexity index is 777. The summed E-state index contributed by atoms with van der Waals surface area (Å²) in [6.45, 7) is 4.06. The van der Waals surface area contributed by atoms with E-state index in [4.69, 9.17) is 16.3 Å². The monoisotopic (exact) mass is 360 g/mol. The Kier molecular flexibility index (Phi) is 6.56. The van der Waals surface area contributed by atoms with Crippen molar-refractivity contribution in [3.8, 4) is 0 Å². The Hall–Kier alpha value is -2.37. The predicted octanol–water partition coefficient (Wildman–Crippen LogP) is 3.40. The van der Waals surface area contributed by atoms with E-state index in [1.54, 1.807) is 12.1 Å².